The first kappa shape index (κ1) is 21.8. The highest BCUT2D eigenvalue weighted by Gasteiger charge is 2.15. The Kier molecular flexibility index (Phi) is 9.34. The van der Waals surface area contributed by atoms with Crippen molar-refractivity contribution in [2.24, 2.45) is 0 Å². The van der Waals surface area contributed by atoms with Gasteiger partial charge in [0.05, 0.1) is 26.3 Å². The van der Waals surface area contributed by atoms with E-state index in [1.54, 1.807) is 16.2 Å². The van der Waals surface area contributed by atoms with Gasteiger partial charge < -0.3 is 19.7 Å². The van der Waals surface area contributed by atoms with Gasteiger partial charge in [-0.2, -0.15) is 0 Å². The van der Waals surface area contributed by atoms with Crippen LogP contribution >= 0.6 is 11.3 Å². The highest BCUT2D eigenvalue weighted by Crippen LogP contribution is 2.17. The first-order valence-corrected chi connectivity index (χ1v) is 10.4. The maximum Gasteiger partial charge on any atom is 0.239 e. The van der Waals surface area contributed by atoms with Crippen LogP contribution in [-0.2, 0) is 16.1 Å². The van der Waals surface area contributed by atoms with E-state index >= 15 is 0 Å². The molecule has 0 unspecified atom stereocenters. The number of nitrogens with one attached hydrogen (secondary N) is 1. The molecule has 1 aromatic heterocycles. The van der Waals surface area contributed by atoms with Gasteiger partial charge in [-0.25, -0.2) is 0 Å². The molecule has 0 aliphatic carbocycles. The number of benzene rings is 1. The van der Waals surface area contributed by atoms with Crippen LogP contribution in [0.3, 0.4) is 0 Å². The molecular weight excluding hydrogens is 376 g/mol. The lowest BCUT2D eigenvalue weighted by atomic mass is 10.2. The van der Waals surface area contributed by atoms with Crippen LogP contribution in [0.25, 0.3) is 0 Å². The number of carbonyl (C=O) groups is 2. The molecular formula is C21H28N2O4S. The van der Waals surface area contributed by atoms with E-state index in [1.165, 1.54) is 0 Å². The fourth-order valence-electron chi connectivity index (χ4n) is 2.57. The minimum Gasteiger partial charge on any atom is -0.494 e. The topological polar surface area (TPSA) is 67.9 Å². The Morgan fingerprint density at radius 3 is 2.39 bits per heavy atom. The van der Waals surface area contributed by atoms with Crippen LogP contribution in [0.15, 0.2) is 41.8 Å². The minimum absolute atomic E-state index is 0.0379. The molecule has 0 radical (unpaired) electrons. The summed E-state index contributed by atoms with van der Waals surface area (Å²) in [5, 5.41) is 4.82. The lowest BCUT2D eigenvalue weighted by Crippen LogP contribution is -2.40. The van der Waals surface area contributed by atoms with Crippen LogP contribution in [0.4, 0.5) is 0 Å². The number of ether oxygens (including phenoxy) is 2. The minimum atomic E-state index is -0.144. The van der Waals surface area contributed by atoms with Gasteiger partial charge in [0.15, 0.2) is 0 Å². The summed E-state index contributed by atoms with van der Waals surface area (Å²) in [7, 11) is 0. The van der Waals surface area contributed by atoms with E-state index in [2.05, 4.69) is 5.32 Å². The van der Waals surface area contributed by atoms with E-state index in [0.29, 0.717) is 39.1 Å². The monoisotopic (exact) mass is 404 g/mol. The van der Waals surface area contributed by atoms with E-state index in [9.17, 15) is 9.59 Å². The number of carbonyl (C=O) groups excluding carboxylic acids is 2. The molecule has 0 aliphatic heterocycles. The molecule has 6 nitrogen and oxygen atoms in total. The molecule has 0 spiro atoms. The molecule has 2 amide bonds. The van der Waals surface area contributed by atoms with E-state index in [1.807, 2.05) is 55.6 Å². The number of likely N-dealkylation sites (N-methyl/N-ethyl adjacent to an activating group) is 1. The second-order valence-corrected chi connectivity index (χ2v) is 7.15. The lowest BCUT2D eigenvalue weighted by Gasteiger charge is -2.20. The lowest BCUT2D eigenvalue weighted by molar-refractivity contribution is -0.136. The number of amides is 2. The molecule has 1 aromatic carbocycles. The zero-order valence-corrected chi connectivity index (χ0v) is 17.3. The summed E-state index contributed by atoms with van der Waals surface area (Å²) in [6.07, 6.45) is 0.947. The average molecular weight is 405 g/mol. The van der Waals surface area contributed by atoms with Gasteiger partial charge in [0.1, 0.15) is 11.5 Å². The molecule has 152 valence electrons. The van der Waals surface area contributed by atoms with Gasteiger partial charge in [0.2, 0.25) is 11.8 Å². The number of hydrogen-bond acceptors (Lipinski definition) is 5. The highest BCUT2D eigenvalue weighted by atomic mass is 32.1. The van der Waals surface area contributed by atoms with Gasteiger partial charge in [0, 0.05) is 17.8 Å². The van der Waals surface area contributed by atoms with Crippen LogP contribution < -0.4 is 14.8 Å². The Bertz CT molecular complexity index is 717. The van der Waals surface area contributed by atoms with Crippen molar-refractivity contribution in [3.8, 4) is 11.5 Å². The first-order valence-electron chi connectivity index (χ1n) is 9.54. The molecule has 1 heterocycles. The summed E-state index contributed by atoms with van der Waals surface area (Å²) >= 11 is 1.59. The van der Waals surface area contributed by atoms with Crippen LogP contribution in [0.5, 0.6) is 11.5 Å². The van der Waals surface area contributed by atoms with Gasteiger partial charge in [0.25, 0.3) is 0 Å². The molecule has 7 heteroatoms. The van der Waals surface area contributed by atoms with E-state index in [0.717, 1.165) is 16.4 Å². The first-order chi connectivity index (χ1) is 13.6. The molecule has 1 N–H and O–H groups in total. The molecule has 0 atom stereocenters. The van der Waals surface area contributed by atoms with Crippen molar-refractivity contribution in [2.75, 3.05) is 26.3 Å². The Morgan fingerprint density at radius 1 is 1.07 bits per heavy atom. The van der Waals surface area contributed by atoms with E-state index in [-0.39, 0.29) is 18.4 Å². The molecule has 0 aliphatic rings. The van der Waals surface area contributed by atoms with Gasteiger partial charge in [-0.1, -0.05) is 6.07 Å². The predicted molar refractivity (Wildman–Crippen MR) is 111 cm³/mol. The van der Waals surface area contributed by atoms with Crippen molar-refractivity contribution in [3.05, 3.63) is 46.7 Å². The van der Waals surface area contributed by atoms with Crippen molar-refractivity contribution in [3.63, 3.8) is 0 Å². The Balaban J connectivity index is 1.66. The third kappa shape index (κ3) is 7.60. The van der Waals surface area contributed by atoms with Crippen LogP contribution in [0.2, 0.25) is 0 Å². The van der Waals surface area contributed by atoms with Crippen LogP contribution in [0, 0.1) is 0 Å². The quantitative estimate of drug-likeness (QED) is 0.550. The molecule has 0 saturated heterocycles. The summed E-state index contributed by atoms with van der Waals surface area (Å²) < 4.78 is 11.0. The fraction of sp³-hybridized carbons (Fsp3) is 0.429. The summed E-state index contributed by atoms with van der Waals surface area (Å²) in [5.74, 6) is 1.37. The zero-order valence-electron chi connectivity index (χ0n) is 16.5. The second-order valence-electron chi connectivity index (χ2n) is 6.12. The average Bonchev–Trinajstić information content (AvgIpc) is 3.23. The number of rotatable bonds is 12. The summed E-state index contributed by atoms with van der Waals surface area (Å²) in [6.45, 7) is 5.98. The van der Waals surface area contributed by atoms with Crippen LogP contribution in [0.1, 0.15) is 31.6 Å². The maximum atomic E-state index is 12.3. The van der Waals surface area contributed by atoms with Crippen molar-refractivity contribution < 1.29 is 19.1 Å². The molecule has 2 rings (SSSR count). The smallest absolute Gasteiger partial charge is 0.239 e. The second kappa shape index (κ2) is 12.0. The molecule has 0 fully saturated rings. The SMILES string of the molecule is CCOc1ccc(OCCCC(=O)N(CC)CC(=O)NCc2cccs2)cc1. The number of thiophene rings is 1. The van der Waals surface area contributed by atoms with Crippen molar-refractivity contribution in [2.45, 2.75) is 33.2 Å². The summed E-state index contributed by atoms with van der Waals surface area (Å²) in [4.78, 5) is 27.1. The molecule has 0 bridgehead atoms. The third-order valence-corrected chi connectivity index (χ3v) is 4.92. The predicted octanol–water partition coefficient (Wildman–Crippen LogP) is 3.47. The Labute approximate surface area is 170 Å². The van der Waals surface area contributed by atoms with Gasteiger partial charge in [-0.3, -0.25) is 9.59 Å². The van der Waals surface area contributed by atoms with Gasteiger partial charge >= 0.3 is 0 Å². The van der Waals surface area contributed by atoms with Crippen molar-refractivity contribution in [1.82, 2.24) is 10.2 Å². The number of hydrogen-bond donors (Lipinski definition) is 1. The summed E-state index contributed by atoms with van der Waals surface area (Å²) in [5.41, 5.74) is 0. The van der Waals surface area contributed by atoms with E-state index in [4.69, 9.17) is 9.47 Å². The molecule has 0 saturated carbocycles. The van der Waals surface area contributed by atoms with Crippen molar-refractivity contribution in [1.29, 1.82) is 0 Å². The third-order valence-electron chi connectivity index (χ3n) is 4.05. The van der Waals surface area contributed by atoms with Crippen molar-refractivity contribution >= 4 is 23.2 Å². The summed E-state index contributed by atoms with van der Waals surface area (Å²) in [6, 6.07) is 11.3. The number of nitrogens with zero attached hydrogens (tertiary/aromatic N) is 1. The normalized spacial score (nSPS) is 10.4. The van der Waals surface area contributed by atoms with Gasteiger partial charge in [-0.05, 0) is 56.0 Å². The molecule has 2 aromatic rings. The molecule has 28 heavy (non-hydrogen) atoms. The Morgan fingerprint density at radius 2 is 1.79 bits per heavy atom. The van der Waals surface area contributed by atoms with Crippen LogP contribution in [-0.4, -0.2) is 43.0 Å². The maximum absolute atomic E-state index is 12.3. The standard InChI is InChI=1S/C21H28N2O4S/c1-3-23(16-20(24)22-15-19-7-6-14-28-19)21(25)8-5-13-27-18-11-9-17(10-12-18)26-4-2/h6-7,9-12,14H,3-5,8,13,15-16H2,1-2H3,(H,22,24). The zero-order chi connectivity index (χ0) is 20.2. The fourth-order valence-corrected chi connectivity index (χ4v) is 3.22. The largest absolute Gasteiger partial charge is 0.494 e. The van der Waals surface area contributed by atoms with E-state index < -0.39 is 0 Å². The Hall–Kier alpha value is -2.54. The van der Waals surface area contributed by atoms with Gasteiger partial charge in [-0.15, -0.1) is 11.3 Å². The highest BCUT2D eigenvalue weighted by molar-refractivity contribution is 7.09.